The molecule has 0 aliphatic rings. The number of unbranched alkanes of at least 4 members (excludes halogenated alkanes) is 10. The van der Waals surface area contributed by atoms with E-state index in [-0.39, 0.29) is 11.5 Å². The molecular formula is C30H46N2O4. The molecule has 0 amide bonds. The van der Waals surface area contributed by atoms with Gasteiger partial charge in [0.05, 0.1) is 17.7 Å². The van der Waals surface area contributed by atoms with Gasteiger partial charge in [-0.2, -0.15) is 0 Å². The zero-order chi connectivity index (χ0) is 26.6. The summed E-state index contributed by atoms with van der Waals surface area (Å²) in [5.74, 6) is -1.26. The van der Waals surface area contributed by atoms with Gasteiger partial charge in [-0.25, -0.2) is 9.59 Å². The molecule has 0 aromatic heterocycles. The average molecular weight is 499 g/mol. The number of hydrogen-bond acceptors (Lipinski definition) is 5. The largest absolute Gasteiger partial charge is 0.478 e. The van der Waals surface area contributed by atoms with Crippen LogP contribution in [0.2, 0.25) is 0 Å². The average Bonchev–Trinajstić information content (AvgIpc) is 2.87. The number of aromatic carboxylic acids is 1. The second-order valence-corrected chi connectivity index (χ2v) is 9.19. The molecule has 36 heavy (non-hydrogen) atoms. The maximum Gasteiger partial charge on any atom is 0.340 e. The molecule has 0 fully saturated rings. The molecule has 2 aromatic rings. The molecular weight excluding hydrogens is 452 g/mol. The van der Waals surface area contributed by atoms with Crippen LogP contribution < -0.4 is 11.5 Å². The quantitative estimate of drug-likeness (QED) is 0.124. The number of carbonyl (C=O) groups is 2. The van der Waals surface area contributed by atoms with E-state index in [1.54, 1.807) is 36.4 Å². The summed E-state index contributed by atoms with van der Waals surface area (Å²) in [4.78, 5) is 22.6. The number of hydrogen-bond donors (Lipinski definition) is 3. The van der Waals surface area contributed by atoms with Gasteiger partial charge < -0.3 is 21.3 Å². The molecule has 0 saturated carbocycles. The lowest BCUT2D eigenvalue weighted by atomic mass is 10.0. The minimum absolute atomic E-state index is 0.221. The third-order valence-electron chi connectivity index (χ3n) is 6.14. The van der Waals surface area contributed by atoms with E-state index >= 15 is 0 Å². The summed E-state index contributed by atoms with van der Waals surface area (Å²) in [5.41, 5.74) is 14.1. The molecule has 0 heterocycles. The van der Waals surface area contributed by atoms with Gasteiger partial charge >= 0.3 is 11.9 Å². The lowest BCUT2D eigenvalue weighted by molar-refractivity contribution is 0.0498. The number of nitrogens with two attached hydrogens (primary N) is 2. The van der Waals surface area contributed by atoms with Crippen LogP contribution in [0.15, 0.2) is 42.5 Å². The minimum atomic E-state index is -0.947. The Bertz CT molecular complexity index is 898. The van der Waals surface area contributed by atoms with E-state index < -0.39 is 5.97 Å². The first-order valence-electron chi connectivity index (χ1n) is 13.5. The Hall–Kier alpha value is -3.02. The normalized spacial score (nSPS) is 10.4. The first-order chi connectivity index (χ1) is 17.4. The van der Waals surface area contributed by atoms with Crippen LogP contribution in [0, 0.1) is 0 Å². The first kappa shape index (κ1) is 31.0. The van der Waals surface area contributed by atoms with Gasteiger partial charge in [-0.05, 0) is 43.0 Å². The highest BCUT2D eigenvalue weighted by molar-refractivity contribution is 5.95. The van der Waals surface area contributed by atoms with E-state index in [1.165, 1.54) is 57.8 Å². The van der Waals surface area contributed by atoms with Crippen LogP contribution in [0.3, 0.4) is 0 Å². The summed E-state index contributed by atoms with van der Waals surface area (Å²) in [5, 5.41) is 8.98. The topological polar surface area (TPSA) is 116 Å². The van der Waals surface area contributed by atoms with E-state index in [9.17, 15) is 9.59 Å². The van der Waals surface area contributed by atoms with E-state index in [2.05, 4.69) is 13.8 Å². The lowest BCUT2D eigenvalue weighted by Gasteiger charge is -2.08. The number of para-hydroxylation sites is 2. The molecule has 6 nitrogen and oxygen atoms in total. The summed E-state index contributed by atoms with van der Waals surface area (Å²) >= 11 is 0. The van der Waals surface area contributed by atoms with Gasteiger partial charge in [0, 0.05) is 11.4 Å². The van der Waals surface area contributed by atoms with Gasteiger partial charge in [-0.1, -0.05) is 102 Å². The zero-order valence-electron chi connectivity index (χ0n) is 22.3. The molecule has 2 aromatic carbocycles. The number of ether oxygens (including phenoxy) is 1. The molecule has 0 aliphatic heterocycles. The van der Waals surface area contributed by atoms with Gasteiger partial charge in [0.1, 0.15) is 0 Å². The fraction of sp³-hybridized carbons (Fsp3) is 0.533. The molecule has 0 bridgehead atoms. The Labute approximate surface area is 217 Å². The Morgan fingerprint density at radius 2 is 1.28 bits per heavy atom. The van der Waals surface area contributed by atoms with Gasteiger partial charge in [-0.3, -0.25) is 0 Å². The van der Waals surface area contributed by atoms with Crippen molar-refractivity contribution in [3.05, 3.63) is 59.2 Å². The predicted molar refractivity (Wildman–Crippen MR) is 149 cm³/mol. The SMILES string of the molecule is CCCCCCCCOC(=O)c1ccccc1N.CCCCCCCCc1cccc(C(=O)O)c1N. The second-order valence-electron chi connectivity index (χ2n) is 9.19. The fourth-order valence-electron chi connectivity index (χ4n) is 3.92. The molecule has 0 radical (unpaired) electrons. The summed E-state index contributed by atoms with van der Waals surface area (Å²) in [6.45, 7) is 4.89. The van der Waals surface area contributed by atoms with Crippen molar-refractivity contribution < 1.29 is 19.4 Å². The molecule has 0 atom stereocenters. The molecule has 200 valence electrons. The standard InChI is InChI=1S/2C15H23NO2/c1-2-3-4-5-6-9-12-18-15(17)13-10-7-8-11-14(13)16;1-2-3-4-5-6-7-9-12-10-8-11-13(14(12)16)15(17)18/h7-8,10-11H,2-6,9,12,16H2,1H3;8,10-11H,2-7,9,16H2,1H3,(H,17,18). The Morgan fingerprint density at radius 1 is 0.722 bits per heavy atom. The number of rotatable bonds is 16. The highest BCUT2D eigenvalue weighted by Gasteiger charge is 2.11. The lowest BCUT2D eigenvalue weighted by Crippen LogP contribution is -2.09. The van der Waals surface area contributed by atoms with Crippen LogP contribution in [0.1, 0.15) is 117 Å². The number of anilines is 2. The minimum Gasteiger partial charge on any atom is -0.478 e. The molecule has 6 heteroatoms. The third kappa shape index (κ3) is 12.6. The highest BCUT2D eigenvalue weighted by atomic mass is 16.5. The predicted octanol–water partition coefficient (Wildman–Crippen LogP) is 7.66. The van der Waals surface area contributed by atoms with E-state index in [4.69, 9.17) is 21.3 Å². The van der Waals surface area contributed by atoms with Crippen molar-refractivity contribution in [1.82, 2.24) is 0 Å². The highest BCUT2D eigenvalue weighted by Crippen LogP contribution is 2.20. The van der Waals surface area contributed by atoms with Crippen LogP contribution in [-0.2, 0) is 11.2 Å². The summed E-state index contributed by atoms with van der Waals surface area (Å²) in [6.07, 6.45) is 15.3. The smallest absolute Gasteiger partial charge is 0.340 e. The first-order valence-corrected chi connectivity index (χ1v) is 13.5. The third-order valence-corrected chi connectivity index (χ3v) is 6.14. The van der Waals surface area contributed by atoms with Crippen LogP contribution >= 0.6 is 0 Å². The van der Waals surface area contributed by atoms with Gasteiger partial charge in [0.25, 0.3) is 0 Å². The van der Waals surface area contributed by atoms with Gasteiger partial charge in [0.15, 0.2) is 0 Å². The number of carboxylic acids is 1. The zero-order valence-corrected chi connectivity index (χ0v) is 22.3. The van der Waals surface area contributed by atoms with Crippen LogP contribution in [-0.4, -0.2) is 23.7 Å². The monoisotopic (exact) mass is 498 g/mol. The second kappa shape index (κ2) is 19.2. The molecule has 2 rings (SSSR count). The maximum absolute atomic E-state index is 11.7. The van der Waals surface area contributed by atoms with Crippen molar-refractivity contribution in [2.24, 2.45) is 0 Å². The number of benzene rings is 2. The van der Waals surface area contributed by atoms with Gasteiger partial charge in [-0.15, -0.1) is 0 Å². The van der Waals surface area contributed by atoms with Crippen molar-refractivity contribution in [2.75, 3.05) is 18.1 Å². The Balaban J connectivity index is 0.000000360. The van der Waals surface area contributed by atoms with Gasteiger partial charge in [0.2, 0.25) is 0 Å². The number of carboxylic acid groups (broad SMARTS) is 1. The van der Waals surface area contributed by atoms with Crippen molar-refractivity contribution in [3.63, 3.8) is 0 Å². The molecule has 0 spiro atoms. The maximum atomic E-state index is 11.7. The summed E-state index contributed by atoms with van der Waals surface area (Å²) in [7, 11) is 0. The number of aryl methyl sites for hydroxylation is 1. The number of carbonyl (C=O) groups excluding carboxylic acids is 1. The van der Waals surface area contributed by atoms with E-state index in [0.717, 1.165) is 31.2 Å². The Kier molecular flexibility index (Phi) is 16.5. The van der Waals surface area contributed by atoms with Crippen LogP contribution in [0.5, 0.6) is 0 Å². The fourth-order valence-corrected chi connectivity index (χ4v) is 3.92. The van der Waals surface area contributed by atoms with E-state index in [1.807, 2.05) is 6.07 Å². The number of esters is 1. The number of nitrogen functional groups attached to an aromatic ring is 2. The van der Waals surface area contributed by atoms with Crippen LogP contribution in [0.25, 0.3) is 0 Å². The van der Waals surface area contributed by atoms with Crippen molar-refractivity contribution >= 4 is 23.3 Å². The van der Waals surface area contributed by atoms with Crippen molar-refractivity contribution in [3.8, 4) is 0 Å². The molecule has 5 N–H and O–H groups in total. The Morgan fingerprint density at radius 3 is 1.89 bits per heavy atom. The molecule has 0 unspecified atom stereocenters. The van der Waals surface area contributed by atoms with Crippen molar-refractivity contribution in [2.45, 2.75) is 97.3 Å². The summed E-state index contributed by atoms with van der Waals surface area (Å²) < 4.78 is 5.20. The van der Waals surface area contributed by atoms with Crippen molar-refractivity contribution in [1.29, 1.82) is 0 Å². The van der Waals surface area contributed by atoms with E-state index in [0.29, 0.717) is 23.5 Å². The van der Waals surface area contributed by atoms with Crippen LogP contribution in [0.4, 0.5) is 11.4 Å². The summed E-state index contributed by atoms with van der Waals surface area (Å²) in [6, 6.07) is 12.3. The molecule has 0 saturated heterocycles. The molecule has 0 aliphatic carbocycles.